The van der Waals surface area contributed by atoms with Crippen LogP contribution in [0.15, 0.2) is 30.3 Å². The van der Waals surface area contributed by atoms with Crippen LogP contribution in [0.25, 0.3) is 0 Å². The van der Waals surface area contributed by atoms with Crippen molar-refractivity contribution in [2.75, 3.05) is 6.54 Å². The Hall–Kier alpha value is -1.84. The molecule has 2 amide bonds. The van der Waals surface area contributed by atoms with Gasteiger partial charge in [0.15, 0.2) is 0 Å². The van der Waals surface area contributed by atoms with Gasteiger partial charge in [-0.15, -0.1) is 0 Å². The van der Waals surface area contributed by atoms with E-state index in [1.807, 2.05) is 30.3 Å². The van der Waals surface area contributed by atoms with Crippen molar-refractivity contribution in [1.82, 2.24) is 4.90 Å². The summed E-state index contributed by atoms with van der Waals surface area (Å²) >= 11 is 0. The Balaban J connectivity index is 1.83. The van der Waals surface area contributed by atoms with Gasteiger partial charge in [0.05, 0.1) is 0 Å². The van der Waals surface area contributed by atoms with Crippen LogP contribution in [0.5, 0.6) is 0 Å². The number of rotatable bonds is 2. The summed E-state index contributed by atoms with van der Waals surface area (Å²) in [4.78, 5) is 23.3. The minimum Gasteiger partial charge on any atom is -0.444 e. The van der Waals surface area contributed by atoms with E-state index in [9.17, 15) is 9.59 Å². The molecule has 1 aromatic carbocycles. The molecule has 1 aliphatic rings. The number of imide groups is 1. The number of hydrogen-bond acceptors (Lipinski definition) is 3. The van der Waals surface area contributed by atoms with Gasteiger partial charge in [-0.3, -0.25) is 4.79 Å². The van der Waals surface area contributed by atoms with Gasteiger partial charge in [-0.2, -0.15) is 0 Å². The lowest BCUT2D eigenvalue weighted by Crippen LogP contribution is -2.47. The summed E-state index contributed by atoms with van der Waals surface area (Å²) < 4.78 is 4.97. The Morgan fingerprint density at radius 2 is 2.07 bits per heavy atom. The molecule has 0 atom stereocenters. The third-order valence-corrected chi connectivity index (χ3v) is 2.28. The first kappa shape index (κ1) is 9.71. The zero-order chi connectivity index (χ0) is 10.7. The van der Waals surface area contributed by atoms with Crippen molar-refractivity contribution >= 4 is 12.0 Å². The summed E-state index contributed by atoms with van der Waals surface area (Å²) in [6, 6.07) is 9.37. The molecule has 15 heavy (non-hydrogen) atoms. The van der Waals surface area contributed by atoms with Gasteiger partial charge in [-0.25, -0.2) is 9.69 Å². The fraction of sp³-hybridized carbons (Fsp3) is 0.273. The van der Waals surface area contributed by atoms with Crippen LogP contribution in [-0.4, -0.2) is 23.4 Å². The number of benzene rings is 1. The fourth-order valence-corrected chi connectivity index (χ4v) is 1.31. The third-order valence-electron chi connectivity index (χ3n) is 2.28. The van der Waals surface area contributed by atoms with Crippen LogP contribution in [0.2, 0.25) is 0 Å². The molecule has 78 valence electrons. The molecule has 4 nitrogen and oxygen atoms in total. The van der Waals surface area contributed by atoms with Crippen LogP contribution < -0.4 is 0 Å². The van der Waals surface area contributed by atoms with Crippen molar-refractivity contribution < 1.29 is 14.3 Å². The van der Waals surface area contributed by atoms with Gasteiger partial charge in [0.25, 0.3) is 0 Å². The van der Waals surface area contributed by atoms with Crippen LogP contribution >= 0.6 is 0 Å². The Morgan fingerprint density at radius 1 is 1.33 bits per heavy atom. The van der Waals surface area contributed by atoms with Crippen molar-refractivity contribution in [3.05, 3.63) is 35.9 Å². The average molecular weight is 205 g/mol. The second-order valence-electron chi connectivity index (χ2n) is 3.34. The van der Waals surface area contributed by atoms with E-state index in [-0.39, 0.29) is 12.5 Å². The predicted molar refractivity (Wildman–Crippen MR) is 53.0 cm³/mol. The molecule has 0 saturated carbocycles. The number of nitrogens with zero attached hydrogens (tertiary/aromatic N) is 1. The van der Waals surface area contributed by atoms with Crippen LogP contribution in [0.1, 0.15) is 12.0 Å². The zero-order valence-corrected chi connectivity index (χ0v) is 8.18. The summed E-state index contributed by atoms with van der Waals surface area (Å²) in [5, 5.41) is 0. The molecule has 0 spiro atoms. The number of β-lactam (4-membered cyclic amide) rings is 1. The standard InChI is InChI=1S/C11H11NO3/c13-10-6-7-12(10)11(14)15-8-9-4-2-1-3-5-9/h1-5H,6-8H2. The van der Waals surface area contributed by atoms with Crippen LogP contribution in [0.4, 0.5) is 4.79 Å². The summed E-state index contributed by atoms with van der Waals surface area (Å²) in [5.41, 5.74) is 0.916. The Bertz CT molecular complexity index is 375. The van der Waals surface area contributed by atoms with E-state index >= 15 is 0 Å². The maximum atomic E-state index is 11.3. The Morgan fingerprint density at radius 3 is 2.60 bits per heavy atom. The van der Waals surface area contributed by atoms with Gasteiger partial charge in [-0.1, -0.05) is 30.3 Å². The van der Waals surface area contributed by atoms with Crippen molar-refractivity contribution in [2.24, 2.45) is 0 Å². The first-order chi connectivity index (χ1) is 7.27. The zero-order valence-electron chi connectivity index (χ0n) is 8.18. The summed E-state index contributed by atoms with van der Waals surface area (Å²) in [5.74, 6) is -0.159. The Labute approximate surface area is 87.4 Å². The van der Waals surface area contributed by atoms with Gasteiger partial charge in [0.2, 0.25) is 5.91 Å². The second-order valence-corrected chi connectivity index (χ2v) is 3.34. The molecular weight excluding hydrogens is 194 g/mol. The number of likely N-dealkylation sites (tertiary alicyclic amines) is 1. The monoisotopic (exact) mass is 205 g/mol. The van der Waals surface area contributed by atoms with Gasteiger partial charge in [0.1, 0.15) is 6.61 Å². The first-order valence-corrected chi connectivity index (χ1v) is 4.78. The maximum Gasteiger partial charge on any atom is 0.416 e. The molecule has 1 saturated heterocycles. The highest BCUT2D eigenvalue weighted by Crippen LogP contribution is 2.11. The van der Waals surface area contributed by atoms with E-state index in [0.29, 0.717) is 13.0 Å². The molecular formula is C11H11NO3. The average Bonchev–Trinajstić information content (AvgIpc) is 2.26. The highest BCUT2D eigenvalue weighted by atomic mass is 16.6. The van der Waals surface area contributed by atoms with E-state index in [1.165, 1.54) is 0 Å². The molecule has 1 aliphatic heterocycles. The highest BCUT2D eigenvalue weighted by molar-refractivity contribution is 5.96. The van der Waals surface area contributed by atoms with Gasteiger partial charge in [0, 0.05) is 13.0 Å². The number of ether oxygens (including phenoxy) is 1. The van der Waals surface area contributed by atoms with E-state index in [2.05, 4.69) is 0 Å². The molecule has 0 radical (unpaired) electrons. The summed E-state index contributed by atoms with van der Waals surface area (Å²) in [6.07, 6.45) is -0.101. The number of carbonyl (C=O) groups is 2. The molecule has 1 heterocycles. The summed E-state index contributed by atoms with van der Waals surface area (Å²) in [7, 11) is 0. The molecule has 0 aliphatic carbocycles. The number of hydrogen-bond donors (Lipinski definition) is 0. The predicted octanol–water partition coefficient (Wildman–Crippen LogP) is 1.56. The third kappa shape index (κ3) is 2.15. The molecule has 4 heteroatoms. The minimum absolute atomic E-state index is 0.159. The lowest BCUT2D eigenvalue weighted by molar-refractivity contribution is -0.137. The Kier molecular flexibility index (Phi) is 2.67. The van der Waals surface area contributed by atoms with E-state index < -0.39 is 6.09 Å². The van der Waals surface area contributed by atoms with E-state index in [0.717, 1.165) is 10.5 Å². The largest absolute Gasteiger partial charge is 0.444 e. The van der Waals surface area contributed by atoms with Gasteiger partial charge < -0.3 is 4.74 Å². The molecule has 0 N–H and O–H groups in total. The van der Waals surface area contributed by atoms with Crippen molar-refractivity contribution in [3.8, 4) is 0 Å². The molecule has 0 bridgehead atoms. The SMILES string of the molecule is O=C1CCN1C(=O)OCc1ccccc1. The maximum absolute atomic E-state index is 11.3. The molecule has 1 fully saturated rings. The normalized spacial score (nSPS) is 14.7. The first-order valence-electron chi connectivity index (χ1n) is 4.78. The lowest BCUT2D eigenvalue weighted by atomic mass is 10.2. The second kappa shape index (κ2) is 4.13. The molecule has 1 aromatic rings. The topological polar surface area (TPSA) is 46.6 Å². The van der Waals surface area contributed by atoms with E-state index in [1.54, 1.807) is 0 Å². The summed E-state index contributed by atoms with van der Waals surface area (Å²) in [6.45, 7) is 0.690. The van der Waals surface area contributed by atoms with Crippen molar-refractivity contribution in [3.63, 3.8) is 0 Å². The van der Waals surface area contributed by atoms with Gasteiger partial charge in [-0.05, 0) is 5.56 Å². The molecule has 0 unspecified atom stereocenters. The smallest absolute Gasteiger partial charge is 0.416 e. The van der Waals surface area contributed by atoms with Crippen LogP contribution in [0, 0.1) is 0 Å². The number of carbonyl (C=O) groups excluding carboxylic acids is 2. The quantitative estimate of drug-likeness (QED) is 0.688. The lowest BCUT2D eigenvalue weighted by Gasteiger charge is -2.27. The fourth-order valence-electron chi connectivity index (χ4n) is 1.31. The highest BCUT2D eigenvalue weighted by Gasteiger charge is 2.31. The van der Waals surface area contributed by atoms with Crippen LogP contribution in [-0.2, 0) is 16.1 Å². The van der Waals surface area contributed by atoms with E-state index in [4.69, 9.17) is 4.74 Å². The minimum atomic E-state index is -0.546. The van der Waals surface area contributed by atoms with Crippen LogP contribution in [0.3, 0.4) is 0 Å². The molecule has 2 rings (SSSR count). The molecule has 0 aromatic heterocycles. The van der Waals surface area contributed by atoms with Crippen molar-refractivity contribution in [1.29, 1.82) is 0 Å². The number of amides is 2. The van der Waals surface area contributed by atoms with Gasteiger partial charge >= 0.3 is 6.09 Å². The van der Waals surface area contributed by atoms with Crippen molar-refractivity contribution in [2.45, 2.75) is 13.0 Å².